The van der Waals surface area contributed by atoms with Crippen LogP contribution in [-0.4, -0.2) is 29.8 Å². The molecule has 2 aliphatic rings. The molecule has 0 aliphatic heterocycles. The Morgan fingerprint density at radius 2 is 2.04 bits per heavy atom. The van der Waals surface area contributed by atoms with Gasteiger partial charge in [0.2, 0.25) is 0 Å². The molecule has 5 nitrogen and oxygen atoms in total. The number of benzene rings is 1. The maximum atomic E-state index is 12.4. The van der Waals surface area contributed by atoms with Crippen molar-refractivity contribution in [1.82, 2.24) is 4.90 Å². The van der Waals surface area contributed by atoms with E-state index in [9.17, 15) is 9.59 Å². The zero-order valence-corrected chi connectivity index (χ0v) is 13.2. The van der Waals surface area contributed by atoms with E-state index >= 15 is 0 Å². The predicted octanol–water partition coefficient (Wildman–Crippen LogP) is 2.27. The van der Waals surface area contributed by atoms with Crippen LogP contribution in [0.1, 0.15) is 36.8 Å². The second-order valence-electron chi connectivity index (χ2n) is 6.39. The minimum atomic E-state index is -0.610. The Labute approximate surface area is 136 Å². The maximum absolute atomic E-state index is 12.4. The van der Waals surface area contributed by atoms with E-state index in [4.69, 9.17) is 5.26 Å². The molecule has 120 valence electrons. The van der Waals surface area contributed by atoms with E-state index < -0.39 is 11.8 Å². The molecule has 0 aromatic heterocycles. The van der Waals surface area contributed by atoms with Gasteiger partial charge < -0.3 is 10.2 Å². The highest BCUT2D eigenvalue weighted by Gasteiger charge is 2.29. The third kappa shape index (κ3) is 3.89. The highest BCUT2D eigenvalue weighted by atomic mass is 16.2. The van der Waals surface area contributed by atoms with Gasteiger partial charge in [0.15, 0.2) is 0 Å². The van der Waals surface area contributed by atoms with Gasteiger partial charge >= 0.3 is 11.8 Å². The molecule has 0 atom stereocenters. The zero-order chi connectivity index (χ0) is 16.2. The van der Waals surface area contributed by atoms with Crippen molar-refractivity contribution in [3.63, 3.8) is 0 Å². The van der Waals surface area contributed by atoms with E-state index in [1.807, 2.05) is 24.3 Å². The molecule has 0 bridgehead atoms. The van der Waals surface area contributed by atoms with Gasteiger partial charge in [-0.15, -0.1) is 0 Å². The number of amides is 2. The smallest absolute Gasteiger partial charge is 0.313 e. The van der Waals surface area contributed by atoms with Crippen molar-refractivity contribution in [3.05, 3.63) is 29.3 Å². The van der Waals surface area contributed by atoms with Gasteiger partial charge in [0.1, 0.15) is 0 Å². The van der Waals surface area contributed by atoms with Crippen molar-refractivity contribution in [2.24, 2.45) is 5.92 Å². The summed E-state index contributed by atoms with van der Waals surface area (Å²) in [6.07, 6.45) is 5.72. The van der Waals surface area contributed by atoms with Crippen molar-refractivity contribution >= 4 is 17.5 Å². The van der Waals surface area contributed by atoms with E-state index in [-0.39, 0.29) is 6.42 Å². The Morgan fingerprint density at radius 3 is 2.78 bits per heavy atom. The molecule has 1 aromatic rings. The first-order chi connectivity index (χ1) is 11.2. The van der Waals surface area contributed by atoms with Crippen molar-refractivity contribution in [2.75, 3.05) is 18.4 Å². The Kier molecular flexibility index (Phi) is 4.61. The van der Waals surface area contributed by atoms with Crippen LogP contribution < -0.4 is 5.32 Å². The quantitative estimate of drug-likeness (QED) is 0.848. The summed E-state index contributed by atoms with van der Waals surface area (Å²) in [5.74, 6) is -0.653. The molecule has 2 aliphatic carbocycles. The molecule has 0 spiro atoms. The number of aryl methyl sites for hydroxylation is 2. The summed E-state index contributed by atoms with van der Waals surface area (Å²) in [6, 6.07) is 7.89. The summed E-state index contributed by atoms with van der Waals surface area (Å²) in [6.45, 7) is 0.904. The van der Waals surface area contributed by atoms with Gasteiger partial charge in [-0.2, -0.15) is 5.26 Å². The predicted molar refractivity (Wildman–Crippen MR) is 86.6 cm³/mol. The average Bonchev–Trinajstić information content (AvgIpc) is 3.25. The van der Waals surface area contributed by atoms with Crippen LogP contribution in [0, 0.1) is 17.2 Å². The highest BCUT2D eigenvalue weighted by Crippen LogP contribution is 2.30. The number of hydrogen-bond acceptors (Lipinski definition) is 3. The fourth-order valence-corrected chi connectivity index (χ4v) is 3.05. The van der Waals surface area contributed by atoms with E-state index in [1.54, 1.807) is 0 Å². The molecule has 2 amide bonds. The van der Waals surface area contributed by atoms with E-state index in [0.717, 1.165) is 32.1 Å². The third-order valence-electron chi connectivity index (χ3n) is 4.51. The normalized spacial score (nSPS) is 15.6. The summed E-state index contributed by atoms with van der Waals surface area (Å²) in [5, 5.41) is 11.4. The lowest BCUT2D eigenvalue weighted by atomic mass is 10.1. The van der Waals surface area contributed by atoms with Gasteiger partial charge in [0, 0.05) is 18.8 Å². The van der Waals surface area contributed by atoms with Crippen LogP contribution in [0.2, 0.25) is 0 Å². The lowest BCUT2D eigenvalue weighted by Gasteiger charge is -2.20. The van der Waals surface area contributed by atoms with E-state index in [0.29, 0.717) is 24.7 Å². The summed E-state index contributed by atoms with van der Waals surface area (Å²) in [5.41, 5.74) is 3.27. The maximum Gasteiger partial charge on any atom is 0.313 e. The molecule has 1 N–H and O–H groups in total. The molecule has 23 heavy (non-hydrogen) atoms. The number of fused-ring (bicyclic) bond motifs is 1. The minimum absolute atomic E-state index is 0.255. The van der Waals surface area contributed by atoms with Gasteiger partial charge in [0.25, 0.3) is 0 Å². The fourth-order valence-electron chi connectivity index (χ4n) is 3.05. The number of rotatable bonds is 5. The van der Waals surface area contributed by atoms with Crippen LogP contribution in [0.3, 0.4) is 0 Å². The van der Waals surface area contributed by atoms with Crippen LogP contribution >= 0.6 is 0 Å². The number of hydrogen-bond donors (Lipinski definition) is 1. The Hall–Kier alpha value is -2.35. The number of carbonyl (C=O) groups is 2. The summed E-state index contributed by atoms with van der Waals surface area (Å²) in [4.78, 5) is 26.1. The first-order valence-corrected chi connectivity index (χ1v) is 8.26. The molecule has 0 saturated heterocycles. The molecule has 5 heteroatoms. The molecule has 0 radical (unpaired) electrons. The summed E-state index contributed by atoms with van der Waals surface area (Å²) < 4.78 is 0. The van der Waals surface area contributed by atoms with Crippen LogP contribution in [0.5, 0.6) is 0 Å². The molecular weight excluding hydrogens is 290 g/mol. The molecule has 0 heterocycles. The third-order valence-corrected chi connectivity index (χ3v) is 4.51. The fraction of sp³-hybridized carbons (Fsp3) is 0.500. The lowest BCUT2D eigenvalue weighted by Crippen LogP contribution is -2.41. The van der Waals surface area contributed by atoms with Crippen molar-refractivity contribution < 1.29 is 9.59 Å². The molecular formula is C18H21N3O2. The summed E-state index contributed by atoms with van der Waals surface area (Å²) in [7, 11) is 0. The molecule has 1 fully saturated rings. The van der Waals surface area contributed by atoms with Crippen LogP contribution in [0.4, 0.5) is 5.69 Å². The van der Waals surface area contributed by atoms with Gasteiger partial charge in [-0.1, -0.05) is 6.07 Å². The monoisotopic (exact) mass is 311 g/mol. The number of nitrogens with one attached hydrogen (secondary N) is 1. The number of nitriles is 1. The Bertz CT molecular complexity index is 659. The molecule has 0 unspecified atom stereocenters. The van der Waals surface area contributed by atoms with Crippen LogP contribution in [0.15, 0.2) is 18.2 Å². The molecule has 1 saturated carbocycles. The first kappa shape index (κ1) is 15.5. The summed E-state index contributed by atoms with van der Waals surface area (Å²) >= 11 is 0. The zero-order valence-electron chi connectivity index (χ0n) is 13.2. The van der Waals surface area contributed by atoms with Crippen molar-refractivity contribution in [2.45, 2.75) is 38.5 Å². The largest absolute Gasteiger partial charge is 0.333 e. The second-order valence-corrected chi connectivity index (χ2v) is 6.39. The van der Waals surface area contributed by atoms with Gasteiger partial charge in [-0.3, -0.25) is 9.59 Å². The lowest BCUT2D eigenvalue weighted by molar-refractivity contribution is -0.143. The average molecular weight is 311 g/mol. The van der Waals surface area contributed by atoms with Crippen LogP contribution in [-0.2, 0) is 22.4 Å². The van der Waals surface area contributed by atoms with Crippen LogP contribution in [0.25, 0.3) is 0 Å². The Morgan fingerprint density at radius 1 is 1.26 bits per heavy atom. The first-order valence-electron chi connectivity index (χ1n) is 8.26. The number of nitrogens with zero attached hydrogens (tertiary/aromatic N) is 2. The number of anilines is 1. The van der Waals surface area contributed by atoms with Crippen molar-refractivity contribution in [1.29, 1.82) is 5.26 Å². The highest BCUT2D eigenvalue weighted by molar-refractivity contribution is 6.39. The Balaban J connectivity index is 1.63. The number of carbonyl (C=O) groups excluding carboxylic acids is 2. The SMILES string of the molecule is N#CCCN(CC1CC1)C(=O)C(=O)Nc1ccc2c(c1)CCC2. The van der Waals surface area contributed by atoms with Gasteiger partial charge in [-0.25, -0.2) is 0 Å². The van der Waals surface area contributed by atoms with Crippen molar-refractivity contribution in [3.8, 4) is 6.07 Å². The minimum Gasteiger partial charge on any atom is -0.333 e. The molecule has 3 rings (SSSR count). The molecule has 1 aromatic carbocycles. The van der Waals surface area contributed by atoms with E-state index in [2.05, 4.69) is 5.32 Å². The van der Waals surface area contributed by atoms with Gasteiger partial charge in [-0.05, 0) is 61.3 Å². The van der Waals surface area contributed by atoms with E-state index in [1.165, 1.54) is 16.0 Å². The topological polar surface area (TPSA) is 73.2 Å². The second kappa shape index (κ2) is 6.82. The standard InChI is InChI=1S/C18H21N3O2/c19-9-2-10-21(12-13-5-6-13)18(23)17(22)20-16-8-7-14-3-1-4-15(14)11-16/h7-8,11,13H,1-6,10,12H2,(H,20,22). The van der Waals surface area contributed by atoms with Gasteiger partial charge in [0.05, 0.1) is 12.5 Å².